The van der Waals surface area contributed by atoms with E-state index < -0.39 is 37.4 Å². The zero-order valence-corrected chi connectivity index (χ0v) is 26.0. The van der Waals surface area contributed by atoms with E-state index in [1.807, 2.05) is 0 Å². The van der Waals surface area contributed by atoms with Gasteiger partial charge in [-0.25, -0.2) is 4.57 Å². The molecular formula is C28H47N2O11P. The van der Waals surface area contributed by atoms with E-state index in [1.54, 1.807) is 19.0 Å². The number of hydrogen-bond donors (Lipinski definition) is 1. The molecule has 0 aliphatic rings. The third-order valence-corrected chi connectivity index (χ3v) is 6.99. The summed E-state index contributed by atoms with van der Waals surface area (Å²) in [6, 6.07) is 5.06. The number of nitrogens with zero attached hydrogens (tertiary/aromatic N) is 2. The number of phosphoric ester groups is 1. The Labute approximate surface area is 248 Å². The molecule has 0 aliphatic carbocycles. The van der Waals surface area contributed by atoms with E-state index in [9.17, 15) is 29.2 Å². The predicted molar refractivity (Wildman–Crippen MR) is 156 cm³/mol. The van der Waals surface area contributed by atoms with Crippen molar-refractivity contribution in [1.82, 2.24) is 4.90 Å². The van der Waals surface area contributed by atoms with E-state index in [4.69, 9.17) is 23.3 Å². The van der Waals surface area contributed by atoms with Crippen molar-refractivity contribution in [1.29, 1.82) is 0 Å². The van der Waals surface area contributed by atoms with E-state index in [0.29, 0.717) is 13.2 Å². The van der Waals surface area contributed by atoms with Crippen LogP contribution in [-0.2, 0) is 32.7 Å². The van der Waals surface area contributed by atoms with E-state index in [2.05, 4.69) is 6.92 Å². The summed E-state index contributed by atoms with van der Waals surface area (Å²) >= 11 is 0. The van der Waals surface area contributed by atoms with Crippen LogP contribution in [-0.4, -0.2) is 79.8 Å². The van der Waals surface area contributed by atoms with E-state index >= 15 is 0 Å². The van der Waals surface area contributed by atoms with E-state index in [0.717, 1.165) is 19.3 Å². The average molecular weight is 619 g/mol. The van der Waals surface area contributed by atoms with Gasteiger partial charge in [-0.3, -0.25) is 28.8 Å². The van der Waals surface area contributed by atoms with Crippen molar-refractivity contribution in [2.75, 3.05) is 47.1 Å². The first kappa shape index (κ1) is 37.6. The van der Waals surface area contributed by atoms with Gasteiger partial charge in [0.1, 0.15) is 11.9 Å². The molecule has 1 aromatic carbocycles. The van der Waals surface area contributed by atoms with Crippen LogP contribution in [0.3, 0.4) is 0 Å². The second-order valence-electron chi connectivity index (χ2n) is 10.1. The maximum Gasteiger partial charge on any atom is 0.472 e. The molecule has 0 radical (unpaired) electrons. The lowest BCUT2D eigenvalue weighted by Gasteiger charge is -2.20. The van der Waals surface area contributed by atoms with Crippen LogP contribution in [0.5, 0.6) is 5.75 Å². The minimum absolute atomic E-state index is 0.0177. The third kappa shape index (κ3) is 19.7. The molecule has 0 spiro atoms. The fourth-order valence-corrected chi connectivity index (χ4v) is 4.40. The number of nitro benzene ring substituents is 1. The van der Waals surface area contributed by atoms with Gasteiger partial charge in [0.05, 0.1) is 24.7 Å². The molecule has 0 fully saturated rings. The maximum absolute atomic E-state index is 12.4. The van der Waals surface area contributed by atoms with Gasteiger partial charge in [-0.2, -0.15) is 0 Å². The Morgan fingerprint density at radius 1 is 0.905 bits per heavy atom. The summed E-state index contributed by atoms with van der Waals surface area (Å²) in [6.45, 7) is 2.61. The second kappa shape index (κ2) is 22.2. The molecular weight excluding hydrogens is 571 g/mol. The fraction of sp³-hybridized carbons (Fsp3) is 0.714. The molecule has 14 heteroatoms. The van der Waals surface area contributed by atoms with Crippen LogP contribution in [0, 0.1) is 10.1 Å². The van der Waals surface area contributed by atoms with Gasteiger partial charge in [0.15, 0.2) is 0 Å². The first-order valence-electron chi connectivity index (χ1n) is 14.5. The number of unbranched alkanes of at least 4 members (excludes halogenated alkanes) is 7. The summed E-state index contributed by atoms with van der Waals surface area (Å²) in [4.78, 5) is 46.4. The Morgan fingerprint density at radius 2 is 1.52 bits per heavy atom. The maximum atomic E-state index is 12.4. The summed E-state index contributed by atoms with van der Waals surface area (Å²) < 4.78 is 38.4. The Morgan fingerprint density at radius 3 is 2.14 bits per heavy atom. The number of carbonyl (C=O) groups excluding carboxylic acids is 2. The Bertz CT molecular complexity index is 960. The van der Waals surface area contributed by atoms with Crippen molar-refractivity contribution in [3.63, 3.8) is 0 Å². The van der Waals surface area contributed by atoms with Crippen molar-refractivity contribution < 1.29 is 47.2 Å². The Kier molecular flexibility index (Phi) is 19.9. The molecule has 13 nitrogen and oxygen atoms in total. The minimum Gasteiger partial charge on any atom is -0.457 e. The molecule has 240 valence electrons. The number of hydrogen-bond acceptors (Lipinski definition) is 11. The molecule has 2 atom stereocenters. The average Bonchev–Trinajstić information content (AvgIpc) is 2.92. The first-order chi connectivity index (χ1) is 20.0. The van der Waals surface area contributed by atoms with Gasteiger partial charge in [-0.1, -0.05) is 51.9 Å². The molecule has 0 saturated carbocycles. The summed E-state index contributed by atoms with van der Waals surface area (Å²) in [7, 11) is -0.775. The number of esters is 2. The monoisotopic (exact) mass is 618 g/mol. The number of non-ortho nitro benzene ring substituents is 1. The van der Waals surface area contributed by atoms with Gasteiger partial charge in [0, 0.05) is 38.1 Å². The summed E-state index contributed by atoms with van der Waals surface area (Å²) in [5.74, 6) is -1.09. The molecule has 1 N–H and O–H groups in total. The minimum atomic E-state index is -4.36. The smallest absolute Gasteiger partial charge is 0.457 e. The number of likely N-dealkylation sites (N-methyl/N-ethyl adjacent to an activating group) is 1. The summed E-state index contributed by atoms with van der Waals surface area (Å²) in [5, 5.41) is 10.7. The van der Waals surface area contributed by atoms with Crippen LogP contribution in [0.15, 0.2) is 24.3 Å². The van der Waals surface area contributed by atoms with Crippen LogP contribution in [0.1, 0.15) is 77.6 Å². The van der Waals surface area contributed by atoms with Gasteiger partial charge in [0.2, 0.25) is 0 Å². The molecule has 0 bridgehead atoms. The van der Waals surface area contributed by atoms with Crippen LogP contribution in [0.25, 0.3) is 0 Å². The van der Waals surface area contributed by atoms with Crippen LogP contribution < -0.4 is 4.74 Å². The van der Waals surface area contributed by atoms with Gasteiger partial charge < -0.3 is 24.0 Å². The third-order valence-electron chi connectivity index (χ3n) is 6.00. The molecule has 42 heavy (non-hydrogen) atoms. The van der Waals surface area contributed by atoms with Crippen molar-refractivity contribution in [3.05, 3.63) is 34.4 Å². The molecule has 0 aromatic heterocycles. The first-order valence-corrected chi connectivity index (χ1v) is 16.0. The summed E-state index contributed by atoms with van der Waals surface area (Å²) in [6.07, 6.45) is 8.13. The van der Waals surface area contributed by atoms with Crippen molar-refractivity contribution in [2.24, 2.45) is 0 Å². The predicted octanol–water partition coefficient (Wildman–Crippen LogP) is 5.43. The van der Waals surface area contributed by atoms with E-state index in [-0.39, 0.29) is 43.9 Å². The number of nitro groups is 1. The highest BCUT2D eigenvalue weighted by molar-refractivity contribution is 7.47. The quantitative estimate of drug-likeness (QED) is 0.0369. The van der Waals surface area contributed by atoms with Gasteiger partial charge >= 0.3 is 19.8 Å². The molecule has 1 aromatic rings. The molecule has 2 unspecified atom stereocenters. The van der Waals surface area contributed by atoms with Crippen molar-refractivity contribution in [3.8, 4) is 5.75 Å². The second-order valence-corrected chi connectivity index (χ2v) is 11.6. The highest BCUT2D eigenvalue weighted by Crippen LogP contribution is 2.43. The molecule has 0 saturated heterocycles. The van der Waals surface area contributed by atoms with Crippen LogP contribution in [0.4, 0.5) is 5.69 Å². The SMILES string of the molecule is CCCCCCCCCCOCC(COP(=O)(O)OCCN(C)C)OC(=O)CCCC(=O)Oc1ccc([N+](=O)[O-])cc1. The Balaban J connectivity index is 2.46. The Hall–Kier alpha value is -2.41. The lowest BCUT2D eigenvalue weighted by Crippen LogP contribution is -2.29. The molecule has 0 amide bonds. The van der Waals surface area contributed by atoms with Crippen molar-refractivity contribution in [2.45, 2.75) is 83.7 Å². The molecule has 1 rings (SSSR count). The number of carbonyl (C=O) groups is 2. The van der Waals surface area contributed by atoms with Gasteiger partial charge in [-0.05, 0) is 39.1 Å². The van der Waals surface area contributed by atoms with Gasteiger partial charge in [-0.15, -0.1) is 0 Å². The standard InChI is InChI=1S/C28H47N2O11P/c1-4-5-6-7-8-9-10-11-20-37-22-26(23-39-42(35,36)38-21-19-29(2)3)41-28(32)14-12-13-27(31)40-25-17-15-24(16-18-25)30(33)34/h15-18,26H,4-14,19-23H2,1-3H3,(H,35,36). The number of rotatable bonds is 25. The van der Waals surface area contributed by atoms with Crippen LogP contribution in [0.2, 0.25) is 0 Å². The molecule has 0 aliphatic heterocycles. The van der Waals surface area contributed by atoms with E-state index in [1.165, 1.54) is 56.4 Å². The largest absolute Gasteiger partial charge is 0.472 e. The number of benzene rings is 1. The van der Waals surface area contributed by atoms with Crippen LogP contribution >= 0.6 is 7.82 Å². The highest BCUT2D eigenvalue weighted by atomic mass is 31.2. The number of ether oxygens (including phenoxy) is 3. The van der Waals surface area contributed by atoms with Gasteiger partial charge in [0.25, 0.3) is 5.69 Å². The normalized spacial score (nSPS) is 13.5. The molecule has 0 heterocycles. The zero-order valence-electron chi connectivity index (χ0n) is 25.1. The lowest BCUT2D eigenvalue weighted by atomic mass is 10.1. The topological polar surface area (TPSA) is 164 Å². The zero-order chi connectivity index (χ0) is 31.2. The fourth-order valence-electron chi connectivity index (χ4n) is 3.66. The van der Waals surface area contributed by atoms with Crippen molar-refractivity contribution >= 4 is 25.4 Å². The highest BCUT2D eigenvalue weighted by Gasteiger charge is 2.25. The number of phosphoric acid groups is 1. The summed E-state index contributed by atoms with van der Waals surface area (Å²) in [5.41, 5.74) is -0.129. The lowest BCUT2D eigenvalue weighted by molar-refractivity contribution is -0.384.